The molecule has 0 bridgehead atoms. The molecule has 1 saturated carbocycles. The molecule has 0 unspecified atom stereocenters. The lowest BCUT2D eigenvalue weighted by Crippen LogP contribution is -2.28. The minimum Gasteiger partial charge on any atom is -0.377 e. The molecule has 0 saturated heterocycles. The van der Waals surface area contributed by atoms with E-state index in [1.165, 1.54) is 0 Å². The maximum absolute atomic E-state index is 12.1. The minimum absolute atomic E-state index is 0.290. The lowest BCUT2D eigenvalue weighted by atomic mass is 10.2. The molecule has 0 heterocycles. The molecule has 1 aliphatic carbocycles. The van der Waals surface area contributed by atoms with E-state index in [1.54, 1.807) is 13.8 Å². The van der Waals surface area contributed by atoms with Crippen LogP contribution in [-0.4, -0.2) is 25.9 Å². The van der Waals surface area contributed by atoms with Crippen molar-refractivity contribution in [1.29, 1.82) is 0 Å². The molecule has 0 atom stereocenters. The van der Waals surface area contributed by atoms with E-state index in [2.05, 4.69) is 0 Å². The van der Waals surface area contributed by atoms with Gasteiger partial charge in [0.25, 0.3) is 10.1 Å². The van der Waals surface area contributed by atoms with Gasteiger partial charge in [-0.05, 0) is 45.1 Å². The van der Waals surface area contributed by atoms with E-state index in [-0.39, 0.29) is 6.10 Å². The molecular weight excluding hydrogens is 288 g/mol. The molecule has 1 aliphatic rings. The summed E-state index contributed by atoms with van der Waals surface area (Å²) < 4.78 is 34.4. The van der Waals surface area contributed by atoms with Crippen molar-refractivity contribution in [3.63, 3.8) is 0 Å². The van der Waals surface area contributed by atoms with Crippen LogP contribution in [0.1, 0.15) is 45.1 Å². The molecule has 0 aromatic heterocycles. The van der Waals surface area contributed by atoms with Gasteiger partial charge in [0.15, 0.2) is 0 Å². The Morgan fingerprint density at radius 3 is 2.43 bits per heavy atom. The second-order valence-corrected chi connectivity index (χ2v) is 7.89. The highest BCUT2D eigenvalue weighted by atomic mass is 32.2. The summed E-state index contributed by atoms with van der Waals surface area (Å²) in [5.74, 6) is 0. The van der Waals surface area contributed by atoms with Gasteiger partial charge in [0.1, 0.15) is 0 Å². The smallest absolute Gasteiger partial charge is 0.273 e. The Labute approximate surface area is 127 Å². The van der Waals surface area contributed by atoms with Crippen molar-refractivity contribution in [2.24, 2.45) is 0 Å². The van der Waals surface area contributed by atoms with E-state index in [9.17, 15) is 8.42 Å². The fourth-order valence-corrected chi connectivity index (χ4v) is 4.09. The van der Waals surface area contributed by atoms with Gasteiger partial charge in [-0.2, -0.15) is 8.42 Å². The molecular formula is C16H24O4S. The molecule has 0 N–H and O–H groups in total. The van der Waals surface area contributed by atoms with E-state index in [0.717, 1.165) is 12.0 Å². The average molecular weight is 312 g/mol. The van der Waals surface area contributed by atoms with E-state index in [1.807, 2.05) is 30.3 Å². The first-order chi connectivity index (χ1) is 9.95. The largest absolute Gasteiger partial charge is 0.377 e. The number of ether oxygens (including phenoxy) is 1. The van der Waals surface area contributed by atoms with Gasteiger partial charge in [0.2, 0.25) is 0 Å². The molecule has 0 amide bonds. The predicted molar refractivity (Wildman–Crippen MR) is 82.4 cm³/mol. The first-order valence-electron chi connectivity index (χ1n) is 7.50. The number of hydrogen-bond donors (Lipinski definition) is 0. The summed E-state index contributed by atoms with van der Waals surface area (Å²) in [6.45, 7) is 4.64. The standard InChI is InChI=1S/C16H24O4S/c1-14(2)20-21(17,18)16(10-11-16)9-6-12-19-13-15-7-4-3-5-8-15/h3-5,7-8,14H,6,9-13H2,1-2H3. The van der Waals surface area contributed by atoms with Crippen molar-refractivity contribution in [1.82, 2.24) is 0 Å². The van der Waals surface area contributed by atoms with Crippen LogP contribution in [0, 0.1) is 0 Å². The summed E-state index contributed by atoms with van der Waals surface area (Å²) in [6, 6.07) is 9.97. The average Bonchev–Trinajstić information content (AvgIpc) is 3.20. The predicted octanol–water partition coefficient (Wildman–Crippen LogP) is 3.27. The van der Waals surface area contributed by atoms with Gasteiger partial charge in [0, 0.05) is 6.61 Å². The molecule has 0 aliphatic heterocycles. The molecule has 1 aromatic carbocycles. The summed E-state index contributed by atoms with van der Waals surface area (Å²) in [4.78, 5) is 0. The van der Waals surface area contributed by atoms with E-state index in [4.69, 9.17) is 8.92 Å². The van der Waals surface area contributed by atoms with Crippen molar-refractivity contribution in [2.45, 2.75) is 57.0 Å². The van der Waals surface area contributed by atoms with Crippen molar-refractivity contribution in [3.05, 3.63) is 35.9 Å². The van der Waals surface area contributed by atoms with Gasteiger partial charge in [-0.1, -0.05) is 30.3 Å². The minimum atomic E-state index is -3.44. The molecule has 5 heteroatoms. The zero-order valence-corrected chi connectivity index (χ0v) is 13.6. The third-order valence-corrected chi connectivity index (χ3v) is 6.00. The normalized spacial score (nSPS) is 17.1. The van der Waals surface area contributed by atoms with Crippen LogP contribution in [0.2, 0.25) is 0 Å². The van der Waals surface area contributed by atoms with Crippen LogP contribution in [0.4, 0.5) is 0 Å². The Hall–Kier alpha value is -0.910. The van der Waals surface area contributed by atoms with Crippen molar-refractivity contribution >= 4 is 10.1 Å². The first kappa shape index (κ1) is 16.5. The molecule has 2 rings (SSSR count). The lowest BCUT2D eigenvalue weighted by Gasteiger charge is -2.17. The van der Waals surface area contributed by atoms with Crippen LogP contribution in [0.25, 0.3) is 0 Å². The van der Waals surface area contributed by atoms with Gasteiger partial charge in [-0.3, -0.25) is 4.18 Å². The molecule has 0 spiro atoms. The summed E-state index contributed by atoms with van der Waals surface area (Å²) in [6.07, 6.45) is 2.49. The summed E-state index contributed by atoms with van der Waals surface area (Å²) in [7, 11) is -3.44. The Morgan fingerprint density at radius 1 is 1.19 bits per heavy atom. The van der Waals surface area contributed by atoms with Gasteiger partial charge in [-0.25, -0.2) is 0 Å². The highest BCUT2D eigenvalue weighted by Crippen LogP contribution is 2.48. The fourth-order valence-electron chi connectivity index (χ4n) is 2.38. The summed E-state index contributed by atoms with van der Waals surface area (Å²) >= 11 is 0. The molecule has 0 radical (unpaired) electrons. The van der Waals surface area contributed by atoms with Gasteiger partial charge >= 0.3 is 0 Å². The van der Waals surface area contributed by atoms with Crippen molar-refractivity contribution < 1.29 is 17.3 Å². The number of benzene rings is 1. The maximum atomic E-state index is 12.1. The monoisotopic (exact) mass is 312 g/mol. The second kappa shape index (κ2) is 6.90. The topological polar surface area (TPSA) is 52.6 Å². The Balaban J connectivity index is 1.71. The van der Waals surface area contributed by atoms with Crippen molar-refractivity contribution in [3.8, 4) is 0 Å². The summed E-state index contributed by atoms with van der Waals surface area (Å²) in [5.41, 5.74) is 1.13. The van der Waals surface area contributed by atoms with Crippen LogP contribution in [0.15, 0.2) is 30.3 Å². The highest BCUT2D eigenvalue weighted by molar-refractivity contribution is 7.88. The summed E-state index contributed by atoms with van der Waals surface area (Å²) in [5, 5.41) is 0. The third kappa shape index (κ3) is 4.53. The number of hydrogen-bond acceptors (Lipinski definition) is 4. The fraction of sp³-hybridized carbons (Fsp3) is 0.625. The lowest BCUT2D eigenvalue weighted by molar-refractivity contribution is 0.116. The Bertz CT molecular complexity index is 533. The van der Waals surface area contributed by atoms with E-state index in [0.29, 0.717) is 32.5 Å². The Morgan fingerprint density at radius 2 is 1.86 bits per heavy atom. The molecule has 118 valence electrons. The number of rotatable bonds is 9. The SMILES string of the molecule is CC(C)OS(=O)(=O)C1(CCCOCc2ccccc2)CC1. The first-order valence-corrected chi connectivity index (χ1v) is 8.91. The van der Waals surface area contributed by atoms with E-state index < -0.39 is 14.9 Å². The van der Waals surface area contributed by atoms with Crippen LogP contribution < -0.4 is 0 Å². The Kier molecular flexibility index (Phi) is 5.41. The zero-order valence-electron chi connectivity index (χ0n) is 12.7. The zero-order chi connectivity index (χ0) is 15.3. The second-order valence-electron chi connectivity index (χ2n) is 5.92. The van der Waals surface area contributed by atoms with Gasteiger partial charge < -0.3 is 4.74 Å². The maximum Gasteiger partial charge on any atom is 0.273 e. The quantitative estimate of drug-likeness (QED) is 0.519. The molecule has 4 nitrogen and oxygen atoms in total. The van der Waals surface area contributed by atoms with Gasteiger partial charge in [-0.15, -0.1) is 0 Å². The molecule has 1 aromatic rings. The van der Waals surface area contributed by atoms with Crippen LogP contribution in [0.3, 0.4) is 0 Å². The molecule has 21 heavy (non-hydrogen) atoms. The highest BCUT2D eigenvalue weighted by Gasteiger charge is 2.55. The van der Waals surface area contributed by atoms with Gasteiger partial charge in [0.05, 0.1) is 17.5 Å². The third-order valence-electron chi connectivity index (χ3n) is 3.69. The van der Waals surface area contributed by atoms with Crippen LogP contribution in [0.5, 0.6) is 0 Å². The molecule has 1 fully saturated rings. The van der Waals surface area contributed by atoms with Crippen molar-refractivity contribution in [2.75, 3.05) is 6.61 Å². The van der Waals surface area contributed by atoms with E-state index >= 15 is 0 Å². The van der Waals surface area contributed by atoms with Crippen LogP contribution >= 0.6 is 0 Å². The van der Waals surface area contributed by atoms with Crippen LogP contribution in [-0.2, 0) is 25.6 Å².